The minimum absolute atomic E-state index is 0.282. The van der Waals surface area contributed by atoms with Crippen LogP contribution in [0.15, 0.2) is 97.1 Å². The van der Waals surface area contributed by atoms with Gasteiger partial charge in [-0.3, -0.25) is 29.6 Å². The summed E-state index contributed by atoms with van der Waals surface area (Å²) in [5.41, 5.74) is 15.3. The number of anilines is 4. The number of alkyl carbamates (subject to hydrolysis) is 2. The molecule has 24 heteroatoms. The molecule has 0 unspecified atom stereocenters. The lowest BCUT2D eigenvalue weighted by atomic mass is 9.99. The van der Waals surface area contributed by atoms with Crippen molar-refractivity contribution in [2.24, 2.45) is 11.5 Å². The number of hydrogen-bond donors (Lipinski definition) is 6. The van der Waals surface area contributed by atoms with Crippen LogP contribution in [-0.4, -0.2) is 132 Å². The summed E-state index contributed by atoms with van der Waals surface area (Å²) in [6.45, 7) is 10.4. The topological polar surface area (TPSA) is 309 Å². The van der Waals surface area contributed by atoms with Crippen LogP contribution in [0.5, 0.6) is 0 Å². The lowest BCUT2D eigenvalue weighted by molar-refractivity contribution is -0.127. The standard InChI is InChI=1S/C17H23N3O5.C14H18N2O4.C12H15N3O3.C9H10N2O2/c1-17(2,3)24-15(22)18-12-10-11-8-6-7-9-13(11)20(14(12)21)25-16(23)19(4)5;1-14(2,3)20-13(18)15-10-8-9-6-4-5-7-11(9)16(19)12(10)17;1-14(2)12(17)18-15-10-6-4-3-5-8(10)7-9(13)11(15)16;10-7-5-6-3-1-2-4-8(6)11(13)9(7)12/h6-9,12H,10H2,1-5H3,(H,18,22);4-7,10,19H,8H2,1-3H3,(H,15,18);3-6,9H,7,13H2,1-2H3;1-4,7,13H,5,10H2/t12-;10-;9-;7-/m0000/s1. The zero-order chi connectivity index (χ0) is 56.4. The SMILES string of the molecule is CC(C)(C)OC(=O)N[C@H]1Cc2ccccc2N(O)C1=O.CN(C)C(=O)ON1C(=O)[C@@H](N)Cc2ccccc21.CN(C)C(=O)ON1C(=O)[C@@H](NC(=O)OC(C)(C)C)Cc2ccccc21.N[C@H]1Cc2ccccc2N(O)C1=O. The second-order valence-corrected chi connectivity index (χ2v) is 20.0. The van der Waals surface area contributed by atoms with E-state index in [4.69, 9.17) is 30.6 Å². The number of fused-ring (bicyclic) bond motifs is 4. The maximum Gasteiger partial charge on any atom is 0.434 e. The van der Waals surface area contributed by atoms with Gasteiger partial charge in [0.2, 0.25) is 0 Å². The van der Waals surface area contributed by atoms with E-state index in [1.165, 1.54) is 23.9 Å². The van der Waals surface area contributed by atoms with Gasteiger partial charge in [-0.25, -0.2) is 19.2 Å². The molecule has 408 valence electrons. The summed E-state index contributed by atoms with van der Waals surface area (Å²) in [5.74, 6) is -1.98. The van der Waals surface area contributed by atoms with Crippen molar-refractivity contribution in [2.45, 2.75) is 103 Å². The van der Waals surface area contributed by atoms with Gasteiger partial charge in [-0.1, -0.05) is 72.8 Å². The molecule has 4 atom stereocenters. The molecule has 4 aliphatic heterocycles. The maximum atomic E-state index is 12.7. The first-order valence-corrected chi connectivity index (χ1v) is 23.9. The van der Waals surface area contributed by atoms with Crippen molar-refractivity contribution in [3.8, 4) is 0 Å². The monoisotopic (exact) mass is 1050 g/mol. The predicted octanol–water partition coefficient (Wildman–Crippen LogP) is 4.75. The van der Waals surface area contributed by atoms with Crippen molar-refractivity contribution in [1.82, 2.24) is 20.4 Å². The molecule has 76 heavy (non-hydrogen) atoms. The Morgan fingerprint density at radius 3 is 1.18 bits per heavy atom. The normalized spacial score (nSPS) is 18.4. The molecule has 0 saturated carbocycles. The number of nitrogens with zero attached hydrogens (tertiary/aromatic N) is 6. The van der Waals surface area contributed by atoms with Crippen LogP contribution in [0.1, 0.15) is 63.8 Å². The molecule has 0 spiro atoms. The molecule has 8 rings (SSSR count). The molecule has 0 fully saturated rings. The third kappa shape index (κ3) is 15.4. The van der Waals surface area contributed by atoms with Crippen LogP contribution in [0.4, 0.5) is 41.9 Å². The molecule has 0 radical (unpaired) electrons. The van der Waals surface area contributed by atoms with Gasteiger partial charge in [0.1, 0.15) is 23.3 Å². The summed E-state index contributed by atoms with van der Waals surface area (Å²) in [5, 5.41) is 27.4. The molecule has 4 aliphatic rings. The van der Waals surface area contributed by atoms with E-state index in [2.05, 4.69) is 10.6 Å². The van der Waals surface area contributed by atoms with Gasteiger partial charge in [-0.05, 0) is 101 Å². The predicted molar refractivity (Wildman–Crippen MR) is 277 cm³/mol. The Morgan fingerprint density at radius 1 is 0.487 bits per heavy atom. The third-order valence-electron chi connectivity index (χ3n) is 11.1. The fourth-order valence-electron chi connectivity index (χ4n) is 7.51. The van der Waals surface area contributed by atoms with E-state index in [1.54, 1.807) is 110 Å². The maximum absolute atomic E-state index is 12.7. The Morgan fingerprint density at radius 2 is 0.789 bits per heavy atom. The van der Waals surface area contributed by atoms with Crippen LogP contribution in [-0.2, 0) is 64.0 Å². The van der Waals surface area contributed by atoms with Gasteiger partial charge >= 0.3 is 24.4 Å². The first-order valence-electron chi connectivity index (χ1n) is 23.9. The first kappa shape index (κ1) is 58.6. The van der Waals surface area contributed by atoms with Gasteiger partial charge < -0.3 is 51.0 Å². The van der Waals surface area contributed by atoms with Crippen molar-refractivity contribution < 1.29 is 67.9 Å². The fraction of sp³-hybridized carbons (Fsp3) is 0.385. The van der Waals surface area contributed by atoms with Crippen molar-refractivity contribution in [3.05, 3.63) is 119 Å². The summed E-state index contributed by atoms with van der Waals surface area (Å²) in [7, 11) is 6.11. The number of para-hydroxylation sites is 4. The molecular formula is C52H66N10O14. The van der Waals surface area contributed by atoms with Crippen molar-refractivity contribution in [3.63, 3.8) is 0 Å². The van der Waals surface area contributed by atoms with E-state index in [9.17, 15) is 48.8 Å². The summed E-state index contributed by atoms with van der Waals surface area (Å²) >= 11 is 0. The summed E-state index contributed by atoms with van der Waals surface area (Å²) in [4.78, 5) is 108. The van der Waals surface area contributed by atoms with Gasteiger partial charge in [-0.2, -0.15) is 10.1 Å². The largest absolute Gasteiger partial charge is 0.444 e. The molecule has 0 aromatic heterocycles. The number of ether oxygens (including phenoxy) is 2. The van der Waals surface area contributed by atoms with E-state index < -0.39 is 83.4 Å². The molecular weight excluding hydrogens is 989 g/mol. The number of carbonyl (C=O) groups is 8. The van der Waals surface area contributed by atoms with Gasteiger partial charge in [-0.15, -0.1) is 10.1 Å². The van der Waals surface area contributed by atoms with E-state index in [0.29, 0.717) is 52.1 Å². The Labute approximate surface area is 439 Å². The van der Waals surface area contributed by atoms with E-state index >= 15 is 0 Å². The fourth-order valence-corrected chi connectivity index (χ4v) is 7.51. The highest BCUT2D eigenvalue weighted by molar-refractivity contribution is 6.02. The highest BCUT2D eigenvalue weighted by atomic mass is 16.7. The molecule has 0 saturated heterocycles. The molecule has 8 N–H and O–H groups in total. The molecule has 0 aliphatic carbocycles. The number of nitrogens with one attached hydrogen (secondary N) is 2. The summed E-state index contributed by atoms with van der Waals surface area (Å²) in [6.07, 6.45) is -1.15. The highest BCUT2D eigenvalue weighted by Gasteiger charge is 2.39. The second kappa shape index (κ2) is 24.8. The lowest BCUT2D eigenvalue weighted by Gasteiger charge is -2.33. The number of benzene rings is 4. The van der Waals surface area contributed by atoms with E-state index in [-0.39, 0.29) is 6.42 Å². The molecule has 4 aromatic rings. The van der Waals surface area contributed by atoms with Crippen LogP contribution in [0.2, 0.25) is 0 Å². The molecule has 4 heterocycles. The van der Waals surface area contributed by atoms with Gasteiger partial charge in [0, 0.05) is 41.0 Å². The summed E-state index contributed by atoms with van der Waals surface area (Å²) < 4.78 is 10.3. The number of rotatable bonds is 4. The van der Waals surface area contributed by atoms with E-state index in [0.717, 1.165) is 32.4 Å². The van der Waals surface area contributed by atoms with Gasteiger partial charge in [0.25, 0.3) is 23.6 Å². The quantitative estimate of drug-likeness (QED) is 0.150. The Hall–Kier alpha value is -8.32. The van der Waals surface area contributed by atoms with Crippen LogP contribution < -0.4 is 42.4 Å². The number of amides is 8. The minimum Gasteiger partial charge on any atom is -0.444 e. The second-order valence-electron chi connectivity index (χ2n) is 20.0. The molecule has 4 aromatic carbocycles. The average molecular weight is 1060 g/mol. The Kier molecular flexibility index (Phi) is 19.1. The van der Waals surface area contributed by atoms with Crippen LogP contribution >= 0.6 is 0 Å². The number of hydroxylamine groups is 4. The number of hydrogen-bond acceptors (Lipinski definition) is 16. The van der Waals surface area contributed by atoms with E-state index in [1.807, 2.05) is 42.5 Å². The average Bonchev–Trinajstić information content (AvgIpc) is 3.34. The number of nitrogens with two attached hydrogens (primary N) is 2. The summed E-state index contributed by atoms with van der Waals surface area (Å²) in [6, 6.07) is 25.4. The Balaban J connectivity index is 0.000000191. The smallest absolute Gasteiger partial charge is 0.434 e. The molecule has 24 nitrogen and oxygen atoms in total. The van der Waals surface area contributed by atoms with Gasteiger partial charge in [0.15, 0.2) is 0 Å². The van der Waals surface area contributed by atoms with Crippen molar-refractivity contribution >= 4 is 70.8 Å². The zero-order valence-corrected chi connectivity index (χ0v) is 44.0. The third-order valence-corrected chi connectivity index (χ3v) is 11.1. The van der Waals surface area contributed by atoms with Crippen molar-refractivity contribution in [1.29, 1.82) is 0 Å². The minimum atomic E-state index is -0.889. The van der Waals surface area contributed by atoms with Crippen molar-refractivity contribution in [2.75, 3.05) is 48.4 Å². The lowest BCUT2D eigenvalue weighted by Crippen LogP contribution is -2.54. The van der Waals surface area contributed by atoms with Crippen LogP contribution in [0.25, 0.3) is 0 Å². The molecule has 0 bridgehead atoms. The Bertz CT molecular complexity index is 2790. The molecule has 8 amide bonds. The van der Waals surface area contributed by atoms with Crippen LogP contribution in [0, 0.1) is 0 Å². The highest BCUT2D eigenvalue weighted by Crippen LogP contribution is 2.31. The number of carbonyl (C=O) groups excluding carboxylic acids is 8. The zero-order valence-electron chi connectivity index (χ0n) is 44.0. The van der Waals surface area contributed by atoms with Crippen LogP contribution in [0.3, 0.4) is 0 Å². The van der Waals surface area contributed by atoms with Gasteiger partial charge in [0.05, 0.1) is 34.8 Å². The first-order chi connectivity index (χ1) is 35.6.